The summed E-state index contributed by atoms with van der Waals surface area (Å²) in [5, 5.41) is 0. The topological polar surface area (TPSA) is 40.6 Å². The summed E-state index contributed by atoms with van der Waals surface area (Å²) in [4.78, 5) is 2.40. The average Bonchev–Trinajstić information content (AvgIpc) is 2.63. The number of rotatable bonds is 10. The van der Waals surface area contributed by atoms with Crippen LogP contribution in [-0.2, 0) is 16.6 Å². The van der Waals surface area contributed by atoms with Crippen LogP contribution in [0.25, 0.3) is 0 Å². The zero-order valence-electron chi connectivity index (χ0n) is 16.0. The van der Waals surface area contributed by atoms with Crippen LogP contribution in [0.15, 0.2) is 60.7 Å². The molecule has 0 unspecified atom stereocenters. The number of sulfonamides is 1. The van der Waals surface area contributed by atoms with Gasteiger partial charge in [0.15, 0.2) is 0 Å². The SMILES string of the molecule is CCCN(Cc1ccccc1)[C@H](CC)CN(c1ccccc1)S(C)(=O)=O. The molecule has 26 heavy (non-hydrogen) atoms. The number of para-hydroxylation sites is 1. The van der Waals surface area contributed by atoms with Gasteiger partial charge in [-0.15, -0.1) is 0 Å². The molecule has 0 N–H and O–H groups in total. The van der Waals surface area contributed by atoms with Crippen LogP contribution < -0.4 is 4.31 Å². The summed E-state index contributed by atoms with van der Waals surface area (Å²) in [7, 11) is -3.34. The number of anilines is 1. The molecule has 0 aliphatic rings. The Morgan fingerprint density at radius 2 is 1.50 bits per heavy atom. The van der Waals surface area contributed by atoms with Gasteiger partial charge in [0.1, 0.15) is 0 Å². The Labute approximate surface area is 158 Å². The van der Waals surface area contributed by atoms with Crippen molar-refractivity contribution in [3.63, 3.8) is 0 Å². The van der Waals surface area contributed by atoms with Crippen molar-refractivity contribution in [2.45, 2.75) is 39.3 Å². The molecule has 0 spiro atoms. The molecular weight excluding hydrogens is 344 g/mol. The molecule has 0 radical (unpaired) electrons. The second-order valence-electron chi connectivity index (χ2n) is 6.65. The Hall–Kier alpha value is -1.85. The fraction of sp³-hybridized carbons (Fsp3) is 0.429. The van der Waals surface area contributed by atoms with Gasteiger partial charge in [0.05, 0.1) is 11.9 Å². The Kier molecular flexibility index (Phi) is 7.66. The highest BCUT2D eigenvalue weighted by Crippen LogP contribution is 2.21. The molecule has 2 aromatic carbocycles. The van der Waals surface area contributed by atoms with E-state index in [4.69, 9.17) is 0 Å². The first kappa shape index (κ1) is 20.5. The van der Waals surface area contributed by atoms with Crippen LogP contribution in [0.1, 0.15) is 32.3 Å². The molecule has 0 heterocycles. The van der Waals surface area contributed by atoms with Gasteiger partial charge < -0.3 is 0 Å². The van der Waals surface area contributed by atoms with Gasteiger partial charge in [-0.25, -0.2) is 8.42 Å². The highest BCUT2D eigenvalue weighted by Gasteiger charge is 2.25. The van der Waals surface area contributed by atoms with Crippen LogP contribution in [0.2, 0.25) is 0 Å². The van der Waals surface area contributed by atoms with Crippen molar-refractivity contribution in [2.75, 3.05) is 23.7 Å². The molecule has 5 heteroatoms. The fourth-order valence-corrected chi connectivity index (χ4v) is 4.16. The van der Waals surface area contributed by atoms with Crippen molar-refractivity contribution in [1.82, 2.24) is 4.90 Å². The highest BCUT2D eigenvalue weighted by molar-refractivity contribution is 7.92. The largest absolute Gasteiger partial charge is 0.294 e. The van der Waals surface area contributed by atoms with Crippen molar-refractivity contribution in [2.24, 2.45) is 0 Å². The summed E-state index contributed by atoms with van der Waals surface area (Å²) >= 11 is 0. The van der Waals surface area contributed by atoms with Gasteiger partial charge in [0, 0.05) is 19.1 Å². The van der Waals surface area contributed by atoms with Crippen LogP contribution in [0.4, 0.5) is 5.69 Å². The number of nitrogens with zero attached hydrogens (tertiary/aromatic N) is 2. The predicted molar refractivity (Wildman–Crippen MR) is 110 cm³/mol. The zero-order valence-corrected chi connectivity index (χ0v) is 16.8. The molecule has 0 saturated carbocycles. The number of hydrogen-bond acceptors (Lipinski definition) is 3. The summed E-state index contributed by atoms with van der Waals surface area (Å²) in [6.45, 7) is 6.53. The molecule has 142 valence electrons. The third kappa shape index (κ3) is 5.85. The molecule has 0 amide bonds. The van der Waals surface area contributed by atoms with Crippen LogP contribution in [0.3, 0.4) is 0 Å². The maximum Gasteiger partial charge on any atom is 0.232 e. The molecule has 0 saturated heterocycles. The van der Waals surface area contributed by atoms with E-state index in [9.17, 15) is 8.42 Å². The second kappa shape index (κ2) is 9.74. The van der Waals surface area contributed by atoms with E-state index in [0.29, 0.717) is 6.54 Å². The van der Waals surface area contributed by atoms with E-state index in [1.54, 1.807) is 0 Å². The Bertz CT molecular complexity index is 748. The van der Waals surface area contributed by atoms with Crippen LogP contribution in [-0.4, -0.2) is 38.7 Å². The smallest absolute Gasteiger partial charge is 0.232 e. The molecule has 0 aliphatic heterocycles. The third-order valence-electron chi connectivity index (χ3n) is 4.55. The zero-order chi connectivity index (χ0) is 19.0. The Balaban J connectivity index is 2.24. The van der Waals surface area contributed by atoms with Crippen LogP contribution >= 0.6 is 0 Å². The minimum absolute atomic E-state index is 0.157. The van der Waals surface area contributed by atoms with E-state index in [-0.39, 0.29) is 6.04 Å². The molecular formula is C21H30N2O2S. The van der Waals surface area contributed by atoms with Gasteiger partial charge in [0.25, 0.3) is 0 Å². The predicted octanol–water partition coefficient (Wildman–Crippen LogP) is 4.14. The van der Waals surface area contributed by atoms with Gasteiger partial charge in [-0.2, -0.15) is 0 Å². The van der Waals surface area contributed by atoms with Crippen LogP contribution in [0, 0.1) is 0 Å². The van der Waals surface area contributed by atoms with Gasteiger partial charge >= 0.3 is 0 Å². The van der Waals surface area contributed by atoms with E-state index < -0.39 is 10.0 Å². The molecule has 0 fully saturated rings. The lowest BCUT2D eigenvalue weighted by Gasteiger charge is -2.35. The highest BCUT2D eigenvalue weighted by atomic mass is 32.2. The van der Waals surface area contributed by atoms with Gasteiger partial charge in [-0.1, -0.05) is 62.4 Å². The fourth-order valence-electron chi connectivity index (χ4n) is 3.22. The van der Waals surface area contributed by atoms with Crippen LogP contribution in [0.5, 0.6) is 0 Å². The summed E-state index contributed by atoms with van der Waals surface area (Å²) < 4.78 is 26.4. The molecule has 0 aromatic heterocycles. The molecule has 4 nitrogen and oxygen atoms in total. The monoisotopic (exact) mass is 374 g/mol. The van der Waals surface area contributed by atoms with E-state index >= 15 is 0 Å². The maximum absolute atomic E-state index is 12.4. The second-order valence-corrected chi connectivity index (χ2v) is 8.55. The minimum Gasteiger partial charge on any atom is -0.294 e. The third-order valence-corrected chi connectivity index (χ3v) is 5.71. The molecule has 0 aliphatic carbocycles. The van der Waals surface area contributed by atoms with Gasteiger partial charge in [-0.3, -0.25) is 9.21 Å². The summed E-state index contributed by atoms with van der Waals surface area (Å²) in [5.74, 6) is 0. The van der Waals surface area contributed by atoms with Gasteiger partial charge in [-0.05, 0) is 37.1 Å². The minimum atomic E-state index is -3.34. The van der Waals surface area contributed by atoms with Crippen molar-refractivity contribution < 1.29 is 8.42 Å². The van der Waals surface area contributed by atoms with E-state index in [0.717, 1.165) is 31.6 Å². The summed E-state index contributed by atoms with van der Waals surface area (Å²) in [6.07, 6.45) is 3.22. The lowest BCUT2D eigenvalue weighted by atomic mass is 10.1. The maximum atomic E-state index is 12.4. The van der Waals surface area contributed by atoms with E-state index in [1.807, 2.05) is 48.5 Å². The lowest BCUT2D eigenvalue weighted by molar-refractivity contribution is 0.187. The van der Waals surface area contributed by atoms with E-state index in [2.05, 4.69) is 30.9 Å². The van der Waals surface area contributed by atoms with Crippen molar-refractivity contribution in [3.05, 3.63) is 66.2 Å². The summed E-state index contributed by atoms with van der Waals surface area (Å²) in [6, 6.07) is 19.9. The molecule has 0 bridgehead atoms. The van der Waals surface area contributed by atoms with Crippen molar-refractivity contribution in [3.8, 4) is 0 Å². The van der Waals surface area contributed by atoms with Gasteiger partial charge in [0.2, 0.25) is 10.0 Å². The van der Waals surface area contributed by atoms with E-state index in [1.165, 1.54) is 16.1 Å². The quantitative estimate of drug-likeness (QED) is 0.627. The first-order valence-electron chi connectivity index (χ1n) is 9.26. The Morgan fingerprint density at radius 3 is 2.00 bits per heavy atom. The lowest BCUT2D eigenvalue weighted by Crippen LogP contribution is -2.45. The first-order chi connectivity index (χ1) is 12.5. The normalized spacial score (nSPS) is 12.9. The molecule has 1 atom stereocenters. The number of benzene rings is 2. The standard InChI is InChI=1S/C21H30N2O2S/c1-4-16-22(17-19-12-8-6-9-13-19)20(5-2)18-23(26(3,24)25)21-14-10-7-11-15-21/h6-15,20H,4-5,16-18H2,1-3H3/t20-/m1/s1. The average molecular weight is 375 g/mol. The van der Waals surface area contributed by atoms with Crippen molar-refractivity contribution >= 4 is 15.7 Å². The molecule has 2 rings (SSSR count). The Morgan fingerprint density at radius 1 is 0.923 bits per heavy atom. The first-order valence-corrected chi connectivity index (χ1v) is 11.1. The molecule has 2 aromatic rings. The summed E-state index contributed by atoms with van der Waals surface area (Å²) in [5.41, 5.74) is 1.98. The van der Waals surface area contributed by atoms with Crippen molar-refractivity contribution in [1.29, 1.82) is 0 Å². The number of hydrogen-bond donors (Lipinski definition) is 0.